The predicted octanol–water partition coefficient (Wildman–Crippen LogP) is -0.756. The molecule has 0 fully saturated rings. The van der Waals surface area contributed by atoms with Crippen LogP contribution in [0.3, 0.4) is 0 Å². The minimum absolute atomic E-state index is 0.0712. The fourth-order valence-corrected chi connectivity index (χ4v) is 1.05. The summed E-state index contributed by atoms with van der Waals surface area (Å²) in [6, 6.07) is 0. The quantitative estimate of drug-likeness (QED) is 0.546. The second-order valence-corrected chi connectivity index (χ2v) is 2.52. The summed E-state index contributed by atoms with van der Waals surface area (Å²) >= 11 is 0. The molecule has 0 radical (unpaired) electrons. The number of nitrogens with two attached hydrogens (primary N) is 1. The molecule has 5 heteroatoms. The van der Waals surface area contributed by atoms with Crippen molar-refractivity contribution < 1.29 is 10.1 Å². The summed E-state index contributed by atoms with van der Waals surface area (Å²) in [6.07, 6.45) is 2.87. The number of aliphatic imine (C=N–C) groups is 1. The van der Waals surface area contributed by atoms with Crippen molar-refractivity contribution >= 4 is 17.6 Å². The van der Waals surface area contributed by atoms with Gasteiger partial charge in [0.15, 0.2) is 5.82 Å². The van der Waals surface area contributed by atoms with E-state index in [0.29, 0.717) is 17.2 Å². The molecule has 0 aromatic carbocycles. The van der Waals surface area contributed by atoms with E-state index in [1.54, 1.807) is 6.92 Å². The van der Waals surface area contributed by atoms with Crippen LogP contribution >= 0.6 is 0 Å². The van der Waals surface area contributed by atoms with Gasteiger partial charge in [-0.3, -0.25) is 0 Å². The molecule has 0 atom stereocenters. The van der Waals surface area contributed by atoms with E-state index >= 15 is 0 Å². The van der Waals surface area contributed by atoms with Crippen molar-refractivity contribution in [2.75, 3.05) is 0 Å². The molecule has 2 heterocycles. The molecule has 2 rings (SSSR count). The smallest absolute Gasteiger partial charge is 0.244 e. The number of aromatic nitrogens is 2. The van der Waals surface area contributed by atoms with Gasteiger partial charge in [0.2, 0.25) is 5.84 Å². The van der Waals surface area contributed by atoms with E-state index in [1.807, 2.05) is 0 Å². The van der Waals surface area contributed by atoms with Crippen LogP contribution in [-0.2, 0) is 0 Å². The van der Waals surface area contributed by atoms with E-state index in [2.05, 4.69) is 15.0 Å². The lowest BCUT2D eigenvalue weighted by Crippen LogP contribution is -2.91. The lowest BCUT2D eigenvalue weighted by atomic mass is 10.2. The Balaban J connectivity index is 2.62. The highest BCUT2D eigenvalue weighted by atomic mass is 16.1. The first-order valence-corrected chi connectivity index (χ1v) is 3.52. The van der Waals surface area contributed by atoms with Gasteiger partial charge in [-0.05, 0) is 0 Å². The molecule has 5 nitrogen and oxygen atoms in total. The summed E-state index contributed by atoms with van der Waals surface area (Å²) in [5, 5.41) is 1.48. The zero-order chi connectivity index (χ0) is 8.55. The highest BCUT2D eigenvalue weighted by Crippen LogP contribution is 2.13. The Kier molecular flexibility index (Phi) is 1.44. The molecule has 12 heavy (non-hydrogen) atoms. The molecular formula is C7H7N4O+. The lowest BCUT2D eigenvalue weighted by molar-refractivity contribution is -0.432. The molecule has 1 aliphatic rings. The maximum atomic E-state index is 11.3. The van der Waals surface area contributed by atoms with Gasteiger partial charge in [0.05, 0.1) is 0 Å². The number of quaternary nitrogens is 1. The topological polar surface area (TPSA) is 71.8 Å². The maximum Gasteiger partial charge on any atom is 0.354 e. The van der Waals surface area contributed by atoms with Crippen molar-refractivity contribution in [2.24, 2.45) is 4.99 Å². The van der Waals surface area contributed by atoms with Crippen molar-refractivity contribution in [3.05, 3.63) is 18.1 Å². The number of primary amides is 1. The Bertz CT molecular complexity index is 371. The molecule has 2 N–H and O–H groups in total. The largest absolute Gasteiger partial charge is 0.354 e. The van der Waals surface area contributed by atoms with Crippen LogP contribution in [-0.4, -0.2) is 21.7 Å². The first-order valence-electron chi connectivity index (χ1n) is 3.52. The second kappa shape index (κ2) is 2.46. The van der Waals surface area contributed by atoms with Crippen LogP contribution in [0.25, 0.3) is 0 Å². The number of amides is 1. The fourth-order valence-electron chi connectivity index (χ4n) is 1.05. The molecule has 0 saturated heterocycles. The SMILES string of the molecule is CC1=Nc2ncncc2C(=O)[NH2+]1. The Morgan fingerprint density at radius 3 is 3.17 bits per heavy atom. The molecule has 1 amide bonds. The molecule has 0 saturated carbocycles. The second-order valence-electron chi connectivity index (χ2n) is 2.52. The third kappa shape index (κ3) is 0.998. The highest BCUT2D eigenvalue weighted by Gasteiger charge is 2.22. The Hall–Kier alpha value is -1.62. The molecular weight excluding hydrogens is 156 g/mol. The number of rotatable bonds is 0. The molecule has 1 aromatic rings. The first kappa shape index (κ1) is 7.05. The molecule has 0 aliphatic carbocycles. The minimum atomic E-state index is -0.0712. The number of hydrogen-bond acceptors (Lipinski definition) is 4. The predicted molar refractivity (Wildman–Crippen MR) is 41.1 cm³/mol. The average Bonchev–Trinajstić information content (AvgIpc) is 2.04. The monoisotopic (exact) mass is 163 g/mol. The van der Waals surface area contributed by atoms with Crippen LogP contribution < -0.4 is 5.32 Å². The van der Waals surface area contributed by atoms with E-state index in [9.17, 15) is 4.79 Å². The molecule has 0 bridgehead atoms. The molecule has 60 valence electrons. The molecule has 0 unspecified atom stereocenters. The van der Waals surface area contributed by atoms with E-state index in [0.717, 1.165) is 0 Å². The summed E-state index contributed by atoms with van der Waals surface area (Å²) in [5.41, 5.74) is 0.475. The molecule has 1 aromatic heterocycles. The van der Waals surface area contributed by atoms with Gasteiger partial charge in [-0.1, -0.05) is 0 Å². The molecule has 0 spiro atoms. The number of nitrogens with zero attached hydrogens (tertiary/aromatic N) is 3. The Morgan fingerprint density at radius 2 is 2.33 bits per heavy atom. The summed E-state index contributed by atoms with van der Waals surface area (Å²) in [5.74, 6) is 1.08. The fraction of sp³-hybridized carbons (Fsp3) is 0.143. The highest BCUT2D eigenvalue weighted by molar-refractivity contribution is 5.99. The van der Waals surface area contributed by atoms with Crippen LogP contribution in [0.15, 0.2) is 17.5 Å². The van der Waals surface area contributed by atoms with Crippen LogP contribution in [0, 0.1) is 0 Å². The van der Waals surface area contributed by atoms with Crippen molar-refractivity contribution in [2.45, 2.75) is 6.92 Å². The lowest BCUT2D eigenvalue weighted by Gasteiger charge is -2.05. The summed E-state index contributed by atoms with van der Waals surface area (Å²) in [7, 11) is 0. The van der Waals surface area contributed by atoms with Crippen LogP contribution in [0.5, 0.6) is 0 Å². The van der Waals surface area contributed by atoms with E-state index in [-0.39, 0.29) is 5.91 Å². The number of hydrogen-bond donors (Lipinski definition) is 1. The van der Waals surface area contributed by atoms with Gasteiger partial charge in [0.1, 0.15) is 11.9 Å². The Labute approximate surface area is 68.6 Å². The first-order chi connectivity index (χ1) is 5.77. The number of fused-ring (bicyclic) bond motifs is 1. The summed E-state index contributed by atoms with van der Waals surface area (Å²) in [6.45, 7) is 1.77. The summed E-state index contributed by atoms with van der Waals surface area (Å²) < 4.78 is 0. The van der Waals surface area contributed by atoms with Gasteiger partial charge in [0, 0.05) is 13.1 Å². The van der Waals surface area contributed by atoms with Gasteiger partial charge in [-0.25, -0.2) is 20.1 Å². The van der Waals surface area contributed by atoms with Gasteiger partial charge < -0.3 is 0 Å². The van der Waals surface area contributed by atoms with Gasteiger partial charge in [0.25, 0.3) is 0 Å². The normalized spacial score (nSPS) is 15.4. The third-order valence-corrected chi connectivity index (χ3v) is 1.58. The van der Waals surface area contributed by atoms with Crippen LogP contribution in [0.2, 0.25) is 0 Å². The van der Waals surface area contributed by atoms with Crippen LogP contribution in [0.4, 0.5) is 5.82 Å². The standard InChI is InChI=1S/C7H6N4O/c1-4-10-6-5(7(12)11-4)2-8-3-9-6/h2-3H,1H3,(H,8,9,10,11,12)/p+1. The number of carbonyl (C=O) groups excluding carboxylic acids is 1. The van der Waals surface area contributed by atoms with Crippen molar-refractivity contribution in [3.8, 4) is 0 Å². The van der Waals surface area contributed by atoms with Gasteiger partial charge in [-0.15, -0.1) is 0 Å². The third-order valence-electron chi connectivity index (χ3n) is 1.58. The number of carbonyl (C=O) groups is 1. The van der Waals surface area contributed by atoms with Gasteiger partial charge in [-0.2, -0.15) is 4.99 Å². The zero-order valence-electron chi connectivity index (χ0n) is 6.48. The average molecular weight is 163 g/mol. The summed E-state index contributed by atoms with van der Waals surface area (Å²) in [4.78, 5) is 23.0. The van der Waals surface area contributed by atoms with Crippen molar-refractivity contribution in [3.63, 3.8) is 0 Å². The Morgan fingerprint density at radius 1 is 1.50 bits per heavy atom. The van der Waals surface area contributed by atoms with E-state index in [4.69, 9.17) is 0 Å². The minimum Gasteiger partial charge on any atom is -0.244 e. The molecule has 1 aliphatic heterocycles. The van der Waals surface area contributed by atoms with Crippen molar-refractivity contribution in [1.82, 2.24) is 9.97 Å². The van der Waals surface area contributed by atoms with Gasteiger partial charge >= 0.3 is 5.91 Å². The van der Waals surface area contributed by atoms with Crippen LogP contribution in [0.1, 0.15) is 17.3 Å². The number of amidine groups is 1. The maximum absolute atomic E-state index is 11.3. The zero-order valence-corrected chi connectivity index (χ0v) is 6.48. The van der Waals surface area contributed by atoms with E-state index < -0.39 is 0 Å². The van der Waals surface area contributed by atoms with E-state index in [1.165, 1.54) is 17.8 Å². The van der Waals surface area contributed by atoms with Crippen molar-refractivity contribution in [1.29, 1.82) is 0 Å².